The van der Waals surface area contributed by atoms with Crippen LogP contribution in [0.5, 0.6) is 5.75 Å². The highest BCUT2D eigenvalue weighted by Crippen LogP contribution is 2.31. The lowest BCUT2D eigenvalue weighted by atomic mass is 9.89. The van der Waals surface area contributed by atoms with E-state index >= 15 is 0 Å². The molecule has 1 aliphatic rings. The van der Waals surface area contributed by atoms with E-state index in [0.29, 0.717) is 12.1 Å². The molecule has 0 aromatic heterocycles. The van der Waals surface area contributed by atoms with E-state index in [2.05, 4.69) is 44.3 Å². The Morgan fingerprint density at radius 2 is 1.89 bits per heavy atom. The Balaban J connectivity index is 2.11. The van der Waals surface area contributed by atoms with Crippen molar-refractivity contribution in [3.05, 3.63) is 29.3 Å². The minimum absolute atomic E-state index is 0.332. The molecule has 2 heteroatoms. The van der Waals surface area contributed by atoms with Gasteiger partial charge in [0, 0.05) is 11.6 Å². The molecule has 2 rings (SSSR count). The molecule has 0 aliphatic heterocycles. The molecule has 1 aliphatic carbocycles. The summed E-state index contributed by atoms with van der Waals surface area (Å²) in [6, 6.07) is 6.87. The number of benzene rings is 1. The fraction of sp³-hybridized carbons (Fsp3) is 0.647. The minimum Gasteiger partial charge on any atom is -0.490 e. The fourth-order valence-electron chi connectivity index (χ4n) is 2.78. The van der Waals surface area contributed by atoms with E-state index in [1.54, 1.807) is 0 Å². The van der Waals surface area contributed by atoms with Gasteiger partial charge in [-0.15, -0.1) is 0 Å². The summed E-state index contributed by atoms with van der Waals surface area (Å²) in [4.78, 5) is 0. The number of nitrogens with one attached hydrogen (secondary N) is 1. The second-order valence-corrected chi connectivity index (χ2v) is 6.05. The normalized spacial score (nSPS) is 25.1. The smallest absolute Gasteiger partial charge is 0.124 e. The molecule has 106 valence electrons. The largest absolute Gasteiger partial charge is 0.490 e. The van der Waals surface area contributed by atoms with Gasteiger partial charge in [0.15, 0.2) is 0 Å². The van der Waals surface area contributed by atoms with Crippen LogP contribution in [0.1, 0.15) is 56.7 Å². The van der Waals surface area contributed by atoms with E-state index in [9.17, 15) is 0 Å². The van der Waals surface area contributed by atoms with Crippen LogP contribution >= 0.6 is 0 Å². The summed E-state index contributed by atoms with van der Waals surface area (Å²) in [5.41, 5.74) is 2.54. The molecule has 1 saturated carbocycles. The van der Waals surface area contributed by atoms with Gasteiger partial charge in [0.05, 0.1) is 6.10 Å². The van der Waals surface area contributed by atoms with Gasteiger partial charge in [0.1, 0.15) is 5.75 Å². The first-order chi connectivity index (χ1) is 9.10. The SMILES string of the molecule is CNC(C)c1ccc(C)cc1OC1CCC(C)CC1. The van der Waals surface area contributed by atoms with Crippen LogP contribution in [-0.4, -0.2) is 13.2 Å². The number of hydrogen-bond acceptors (Lipinski definition) is 2. The van der Waals surface area contributed by atoms with Crippen molar-refractivity contribution < 1.29 is 4.74 Å². The van der Waals surface area contributed by atoms with Crippen LogP contribution < -0.4 is 10.1 Å². The molecule has 1 atom stereocenters. The molecule has 1 N–H and O–H groups in total. The summed E-state index contributed by atoms with van der Waals surface area (Å²) < 4.78 is 6.30. The van der Waals surface area contributed by atoms with Gasteiger partial charge in [-0.05, 0) is 64.1 Å². The van der Waals surface area contributed by atoms with Gasteiger partial charge in [0.2, 0.25) is 0 Å². The molecule has 1 fully saturated rings. The number of rotatable bonds is 4. The maximum atomic E-state index is 6.30. The standard InChI is InChI=1S/C17H27NO/c1-12-5-8-15(9-6-12)19-17-11-13(2)7-10-16(17)14(3)18-4/h7,10-12,14-15,18H,5-6,8-9H2,1-4H3. The predicted octanol–water partition coefficient (Wildman–Crippen LogP) is 4.23. The third-order valence-corrected chi connectivity index (χ3v) is 4.33. The van der Waals surface area contributed by atoms with Gasteiger partial charge >= 0.3 is 0 Å². The highest BCUT2D eigenvalue weighted by Gasteiger charge is 2.21. The second-order valence-electron chi connectivity index (χ2n) is 6.05. The third-order valence-electron chi connectivity index (χ3n) is 4.33. The fourth-order valence-corrected chi connectivity index (χ4v) is 2.78. The minimum atomic E-state index is 0.332. The average molecular weight is 261 g/mol. The molecular weight excluding hydrogens is 234 g/mol. The van der Waals surface area contributed by atoms with Crippen molar-refractivity contribution >= 4 is 0 Å². The van der Waals surface area contributed by atoms with E-state index in [1.165, 1.54) is 36.8 Å². The van der Waals surface area contributed by atoms with E-state index in [0.717, 1.165) is 11.7 Å². The summed E-state index contributed by atoms with van der Waals surface area (Å²) in [7, 11) is 2.00. The van der Waals surface area contributed by atoms with Crippen molar-refractivity contribution in [3.8, 4) is 5.75 Å². The molecule has 0 bridgehead atoms. The zero-order valence-electron chi connectivity index (χ0n) is 12.7. The predicted molar refractivity (Wildman–Crippen MR) is 80.7 cm³/mol. The maximum absolute atomic E-state index is 6.30. The van der Waals surface area contributed by atoms with Gasteiger partial charge in [-0.1, -0.05) is 19.1 Å². The van der Waals surface area contributed by atoms with Gasteiger partial charge in [-0.2, -0.15) is 0 Å². The first-order valence-electron chi connectivity index (χ1n) is 7.54. The number of aryl methyl sites for hydroxylation is 1. The molecular formula is C17H27NO. The lowest BCUT2D eigenvalue weighted by molar-refractivity contribution is 0.133. The van der Waals surface area contributed by atoms with Crippen molar-refractivity contribution in [2.75, 3.05) is 7.05 Å². The Kier molecular flexibility index (Phi) is 4.87. The van der Waals surface area contributed by atoms with E-state index in [4.69, 9.17) is 4.74 Å². The van der Waals surface area contributed by atoms with Gasteiger partial charge < -0.3 is 10.1 Å². The summed E-state index contributed by atoms with van der Waals surface area (Å²) >= 11 is 0. The Morgan fingerprint density at radius 1 is 1.21 bits per heavy atom. The summed E-state index contributed by atoms with van der Waals surface area (Å²) in [6.07, 6.45) is 5.40. The van der Waals surface area contributed by atoms with Crippen molar-refractivity contribution in [2.24, 2.45) is 5.92 Å². The molecule has 0 heterocycles. The molecule has 19 heavy (non-hydrogen) atoms. The first kappa shape index (κ1) is 14.4. The molecule has 0 amide bonds. The van der Waals surface area contributed by atoms with Crippen LogP contribution in [-0.2, 0) is 0 Å². The topological polar surface area (TPSA) is 21.3 Å². The average Bonchev–Trinajstić information content (AvgIpc) is 2.41. The van der Waals surface area contributed by atoms with E-state index in [1.807, 2.05) is 7.05 Å². The molecule has 0 saturated heterocycles. The van der Waals surface area contributed by atoms with Crippen LogP contribution in [0, 0.1) is 12.8 Å². The lowest BCUT2D eigenvalue weighted by Gasteiger charge is -2.28. The van der Waals surface area contributed by atoms with Gasteiger partial charge in [0.25, 0.3) is 0 Å². The third kappa shape index (κ3) is 3.73. The monoisotopic (exact) mass is 261 g/mol. The molecule has 1 unspecified atom stereocenters. The Morgan fingerprint density at radius 3 is 2.53 bits per heavy atom. The van der Waals surface area contributed by atoms with Crippen LogP contribution in [0.25, 0.3) is 0 Å². The Bertz CT molecular complexity index is 408. The van der Waals surface area contributed by atoms with Crippen molar-refractivity contribution in [1.29, 1.82) is 0 Å². The lowest BCUT2D eigenvalue weighted by Crippen LogP contribution is -2.24. The van der Waals surface area contributed by atoms with Gasteiger partial charge in [-0.3, -0.25) is 0 Å². The summed E-state index contributed by atoms with van der Waals surface area (Å²) in [5.74, 6) is 1.94. The Hall–Kier alpha value is -1.02. The molecule has 1 aromatic rings. The highest BCUT2D eigenvalue weighted by atomic mass is 16.5. The van der Waals surface area contributed by atoms with Crippen molar-refractivity contribution in [3.63, 3.8) is 0 Å². The second kappa shape index (κ2) is 6.42. The summed E-state index contributed by atoms with van der Waals surface area (Å²) in [6.45, 7) is 6.65. The van der Waals surface area contributed by atoms with E-state index in [-0.39, 0.29) is 0 Å². The van der Waals surface area contributed by atoms with Crippen LogP contribution in [0.4, 0.5) is 0 Å². The van der Waals surface area contributed by atoms with Crippen molar-refractivity contribution in [2.45, 2.75) is 58.6 Å². The molecule has 0 spiro atoms. The maximum Gasteiger partial charge on any atom is 0.124 e. The van der Waals surface area contributed by atoms with E-state index < -0.39 is 0 Å². The number of ether oxygens (including phenoxy) is 1. The van der Waals surface area contributed by atoms with Crippen LogP contribution in [0.2, 0.25) is 0 Å². The number of hydrogen-bond donors (Lipinski definition) is 1. The molecule has 2 nitrogen and oxygen atoms in total. The quantitative estimate of drug-likeness (QED) is 0.875. The Labute approximate surface area is 117 Å². The molecule has 1 aromatic carbocycles. The molecule has 0 radical (unpaired) electrons. The summed E-state index contributed by atoms with van der Waals surface area (Å²) in [5, 5.41) is 3.31. The highest BCUT2D eigenvalue weighted by molar-refractivity contribution is 5.39. The first-order valence-corrected chi connectivity index (χ1v) is 7.54. The van der Waals surface area contributed by atoms with Crippen LogP contribution in [0.15, 0.2) is 18.2 Å². The van der Waals surface area contributed by atoms with Crippen molar-refractivity contribution in [1.82, 2.24) is 5.32 Å². The van der Waals surface area contributed by atoms with Gasteiger partial charge in [-0.25, -0.2) is 0 Å². The van der Waals surface area contributed by atoms with Crippen LogP contribution in [0.3, 0.4) is 0 Å². The zero-order valence-corrected chi connectivity index (χ0v) is 12.7. The zero-order chi connectivity index (χ0) is 13.8.